The number of halogens is 1. The Morgan fingerprint density at radius 3 is 2.82 bits per heavy atom. The van der Waals surface area contributed by atoms with E-state index in [9.17, 15) is 4.79 Å². The Morgan fingerprint density at radius 2 is 2.18 bits per heavy atom. The molecule has 1 fully saturated rings. The Morgan fingerprint density at radius 1 is 1.41 bits per heavy atom. The highest BCUT2D eigenvalue weighted by molar-refractivity contribution is 9.10. The van der Waals surface area contributed by atoms with E-state index >= 15 is 0 Å². The second-order valence-electron chi connectivity index (χ2n) is 4.22. The Balaban J connectivity index is 1.81. The highest BCUT2D eigenvalue weighted by atomic mass is 79.9. The van der Waals surface area contributed by atoms with Gasteiger partial charge in [0.15, 0.2) is 10.4 Å². The minimum absolute atomic E-state index is 0.262. The number of carbonyl (C=O) groups is 1. The van der Waals surface area contributed by atoms with Crippen LogP contribution in [0.25, 0.3) is 0 Å². The highest BCUT2D eigenvalue weighted by Crippen LogP contribution is 2.21. The third kappa shape index (κ3) is 3.70. The smallest absolute Gasteiger partial charge is 0.307 e. The van der Waals surface area contributed by atoms with Crippen LogP contribution in [0.1, 0.15) is 42.7 Å². The molecule has 0 spiro atoms. The maximum absolute atomic E-state index is 11.6. The summed E-state index contributed by atoms with van der Waals surface area (Å²) in [6.45, 7) is 0. The molecule has 2 rings (SSSR count). The van der Waals surface area contributed by atoms with Gasteiger partial charge in [-0.15, -0.1) is 0 Å². The van der Waals surface area contributed by atoms with Crippen LogP contribution in [-0.2, 0) is 0 Å². The van der Waals surface area contributed by atoms with Crippen LogP contribution >= 0.6 is 15.9 Å². The van der Waals surface area contributed by atoms with Gasteiger partial charge in [-0.3, -0.25) is 4.79 Å². The normalized spacial score (nSPS) is 17.5. The van der Waals surface area contributed by atoms with E-state index in [1.807, 2.05) is 6.21 Å². The summed E-state index contributed by atoms with van der Waals surface area (Å²) < 4.78 is 5.66. The average molecular weight is 299 g/mol. The van der Waals surface area contributed by atoms with Crippen LogP contribution in [0.5, 0.6) is 0 Å². The summed E-state index contributed by atoms with van der Waals surface area (Å²) in [4.78, 5) is 11.6. The van der Waals surface area contributed by atoms with Crippen molar-refractivity contribution in [2.45, 2.75) is 32.1 Å². The molecule has 0 saturated heterocycles. The van der Waals surface area contributed by atoms with Crippen molar-refractivity contribution in [3.8, 4) is 0 Å². The van der Waals surface area contributed by atoms with E-state index < -0.39 is 0 Å². The Hall–Kier alpha value is -1.10. The maximum atomic E-state index is 11.6. The van der Waals surface area contributed by atoms with Gasteiger partial charge in [0.2, 0.25) is 0 Å². The lowest BCUT2D eigenvalue weighted by Gasteiger charge is -2.16. The van der Waals surface area contributed by atoms with E-state index in [-0.39, 0.29) is 11.7 Å². The van der Waals surface area contributed by atoms with E-state index in [1.165, 1.54) is 32.1 Å². The van der Waals surface area contributed by atoms with Gasteiger partial charge in [-0.2, -0.15) is 5.10 Å². The van der Waals surface area contributed by atoms with Gasteiger partial charge in [-0.05, 0) is 46.8 Å². The first-order chi connectivity index (χ1) is 8.25. The minimum Gasteiger partial charge on any atom is -0.444 e. The molecule has 0 unspecified atom stereocenters. The van der Waals surface area contributed by atoms with Crippen molar-refractivity contribution in [2.24, 2.45) is 11.0 Å². The lowest BCUT2D eigenvalue weighted by Crippen LogP contribution is -2.18. The molecule has 0 aromatic carbocycles. The average Bonchev–Trinajstić information content (AvgIpc) is 2.77. The van der Waals surface area contributed by atoms with Gasteiger partial charge >= 0.3 is 5.91 Å². The minimum atomic E-state index is -0.317. The zero-order valence-electron chi connectivity index (χ0n) is 9.49. The summed E-state index contributed by atoms with van der Waals surface area (Å²) in [7, 11) is 0. The summed E-state index contributed by atoms with van der Waals surface area (Å²) in [6.07, 6.45) is 8.02. The number of nitrogens with zero attached hydrogens (tertiary/aromatic N) is 1. The van der Waals surface area contributed by atoms with Crippen LogP contribution < -0.4 is 5.43 Å². The zero-order valence-corrected chi connectivity index (χ0v) is 11.1. The molecule has 1 N–H and O–H groups in total. The van der Waals surface area contributed by atoms with E-state index in [0.717, 1.165) is 0 Å². The molecule has 1 amide bonds. The standard InChI is InChI=1S/C12H15BrN2O2/c13-11-7-6-10(17-11)12(16)15-14-8-9-4-2-1-3-5-9/h6-9H,1-5H2,(H,15,16)/b14-8+. The van der Waals surface area contributed by atoms with Gasteiger partial charge in [-0.25, -0.2) is 5.43 Å². The molecule has 17 heavy (non-hydrogen) atoms. The topological polar surface area (TPSA) is 54.6 Å². The molecule has 1 aliphatic rings. The predicted octanol–water partition coefficient (Wildman–Crippen LogP) is 3.34. The van der Waals surface area contributed by atoms with Gasteiger partial charge in [0.1, 0.15) is 0 Å². The van der Waals surface area contributed by atoms with Gasteiger partial charge in [0.25, 0.3) is 0 Å². The lowest BCUT2D eigenvalue weighted by molar-refractivity contribution is 0.0926. The van der Waals surface area contributed by atoms with Crippen LogP contribution in [0.4, 0.5) is 0 Å². The third-order valence-corrected chi connectivity index (χ3v) is 3.32. The molecule has 5 heteroatoms. The van der Waals surface area contributed by atoms with Crippen LogP contribution in [0, 0.1) is 5.92 Å². The molecular formula is C12H15BrN2O2. The van der Waals surface area contributed by atoms with Crippen molar-refractivity contribution in [3.63, 3.8) is 0 Å². The van der Waals surface area contributed by atoms with Crippen molar-refractivity contribution in [3.05, 3.63) is 22.6 Å². The summed E-state index contributed by atoms with van der Waals surface area (Å²) in [5.41, 5.74) is 2.48. The number of hydrazone groups is 1. The third-order valence-electron chi connectivity index (χ3n) is 2.90. The van der Waals surface area contributed by atoms with E-state index in [4.69, 9.17) is 4.42 Å². The molecule has 1 aromatic heterocycles. The van der Waals surface area contributed by atoms with Gasteiger partial charge in [-0.1, -0.05) is 19.3 Å². The first-order valence-corrected chi connectivity index (χ1v) is 6.64. The molecule has 1 aliphatic carbocycles. The fourth-order valence-corrected chi connectivity index (χ4v) is 2.28. The molecule has 0 bridgehead atoms. The van der Waals surface area contributed by atoms with Crippen LogP contribution in [-0.4, -0.2) is 12.1 Å². The van der Waals surface area contributed by atoms with Gasteiger partial charge < -0.3 is 4.42 Å². The second kappa shape index (κ2) is 6.00. The first kappa shape index (κ1) is 12.4. The zero-order chi connectivity index (χ0) is 12.1. The number of nitrogens with one attached hydrogen (secondary N) is 1. The summed E-state index contributed by atoms with van der Waals surface area (Å²) in [5.74, 6) is 0.452. The van der Waals surface area contributed by atoms with E-state index in [0.29, 0.717) is 10.6 Å². The first-order valence-electron chi connectivity index (χ1n) is 5.84. The summed E-state index contributed by atoms with van der Waals surface area (Å²) >= 11 is 3.15. The SMILES string of the molecule is O=C(N/N=C/C1CCCCC1)c1ccc(Br)o1. The fraction of sp³-hybridized carbons (Fsp3) is 0.500. The number of amides is 1. The molecular weight excluding hydrogens is 284 g/mol. The van der Waals surface area contributed by atoms with E-state index in [1.54, 1.807) is 12.1 Å². The summed E-state index contributed by atoms with van der Waals surface area (Å²) in [5, 5.41) is 3.98. The van der Waals surface area contributed by atoms with Crippen molar-refractivity contribution in [1.29, 1.82) is 0 Å². The number of rotatable bonds is 3. The molecule has 92 valence electrons. The predicted molar refractivity (Wildman–Crippen MR) is 68.9 cm³/mol. The van der Waals surface area contributed by atoms with Crippen LogP contribution in [0.2, 0.25) is 0 Å². The molecule has 0 aliphatic heterocycles. The Labute approximate surface area is 109 Å². The lowest BCUT2D eigenvalue weighted by atomic mass is 9.90. The molecule has 1 aromatic rings. The number of carbonyl (C=O) groups excluding carboxylic acids is 1. The number of hydrogen-bond donors (Lipinski definition) is 1. The Bertz CT molecular complexity index is 408. The van der Waals surface area contributed by atoms with Crippen molar-refractivity contribution in [1.82, 2.24) is 5.43 Å². The maximum Gasteiger partial charge on any atom is 0.307 e. The number of hydrogen-bond acceptors (Lipinski definition) is 3. The number of furan rings is 1. The molecule has 4 nitrogen and oxygen atoms in total. The van der Waals surface area contributed by atoms with Crippen molar-refractivity contribution in [2.75, 3.05) is 0 Å². The largest absolute Gasteiger partial charge is 0.444 e. The van der Waals surface area contributed by atoms with Gasteiger partial charge in [0.05, 0.1) is 0 Å². The molecule has 1 saturated carbocycles. The van der Waals surface area contributed by atoms with Crippen LogP contribution in [0.15, 0.2) is 26.3 Å². The van der Waals surface area contributed by atoms with Crippen molar-refractivity contribution < 1.29 is 9.21 Å². The molecule has 1 heterocycles. The fourth-order valence-electron chi connectivity index (χ4n) is 1.98. The second-order valence-corrected chi connectivity index (χ2v) is 5.00. The van der Waals surface area contributed by atoms with Crippen molar-refractivity contribution >= 4 is 28.1 Å². The summed E-state index contributed by atoms with van der Waals surface area (Å²) in [6, 6.07) is 3.29. The van der Waals surface area contributed by atoms with Gasteiger partial charge in [0, 0.05) is 6.21 Å². The quantitative estimate of drug-likeness (QED) is 0.687. The Kier molecular flexibility index (Phi) is 4.36. The molecule has 0 atom stereocenters. The van der Waals surface area contributed by atoms with E-state index in [2.05, 4.69) is 26.5 Å². The monoisotopic (exact) mass is 298 g/mol. The van der Waals surface area contributed by atoms with Crippen LogP contribution in [0.3, 0.4) is 0 Å². The molecule has 0 radical (unpaired) electrons. The highest BCUT2D eigenvalue weighted by Gasteiger charge is 2.12.